The molecule has 1 amide bonds. The number of aromatic nitrogens is 1. The van der Waals surface area contributed by atoms with Crippen LogP contribution in [0.4, 0.5) is 5.69 Å². The van der Waals surface area contributed by atoms with Gasteiger partial charge in [0.25, 0.3) is 5.91 Å². The van der Waals surface area contributed by atoms with E-state index in [0.29, 0.717) is 12.2 Å². The molecule has 0 spiro atoms. The lowest BCUT2D eigenvalue weighted by Gasteiger charge is -2.32. The van der Waals surface area contributed by atoms with Gasteiger partial charge in [-0.2, -0.15) is 0 Å². The Morgan fingerprint density at radius 1 is 1.53 bits per heavy atom. The highest BCUT2D eigenvalue weighted by molar-refractivity contribution is 5.92. The van der Waals surface area contributed by atoms with Crippen molar-refractivity contribution in [3.8, 4) is 0 Å². The minimum absolute atomic E-state index is 0.0342. The smallest absolute Gasteiger partial charge is 0.269 e. The molecule has 0 aliphatic heterocycles. The molecule has 106 valence electrons. The zero-order chi connectivity index (χ0) is 14.5. The summed E-state index contributed by atoms with van der Waals surface area (Å²) in [5.41, 5.74) is 7.25. The zero-order valence-electron chi connectivity index (χ0n) is 12.2. The van der Waals surface area contributed by atoms with Gasteiger partial charge in [0.1, 0.15) is 5.69 Å². The van der Waals surface area contributed by atoms with E-state index in [2.05, 4.69) is 36.0 Å². The lowest BCUT2D eigenvalue weighted by Crippen LogP contribution is -2.39. The summed E-state index contributed by atoms with van der Waals surface area (Å²) in [5, 5.41) is 2.58. The standard InChI is InChI=1S/C14H24N4O/c1-5-18(10-14(2,3)9-15)11-6-7-17-12(8-11)13(19)16-4/h6-8H,5,9-10,15H2,1-4H3,(H,16,19). The molecule has 0 fully saturated rings. The van der Waals surface area contributed by atoms with E-state index < -0.39 is 0 Å². The van der Waals surface area contributed by atoms with Crippen LogP contribution in [0, 0.1) is 5.41 Å². The molecular formula is C14H24N4O. The summed E-state index contributed by atoms with van der Waals surface area (Å²) in [6.45, 7) is 8.69. The van der Waals surface area contributed by atoms with Gasteiger partial charge in [0.05, 0.1) is 0 Å². The summed E-state index contributed by atoms with van der Waals surface area (Å²) in [6, 6.07) is 3.73. The van der Waals surface area contributed by atoms with Crippen molar-refractivity contribution in [2.45, 2.75) is 20.8 Å². The first kappa shape index (κ1) is 15.4. The van der Waals surface area contributed by atoms with E-state index in [1.807, 2.05) is 12.1 Å². The summed E-state index contributed by atoms with van der Waals surface area (Å²) in [4.78, 5) is 17.9. The minimum Gasteiger partial charge on any atom is -0.371 e. The molecule has 0 aliphatic carbocycles. The number of hydrogen-bond donors (Lipinski definition) is 2. The lowest BCUT2D eigenvalue weighted by molar-refractivity contribution is 0.0958. The minimum atomic E-state index is -0.170. The van der Waals surface area contributed by atoms with Crippen molar-refractivity contribution in [2.75, 3.05) is 31.6 Å². The molecule has 0 unspecified atom stereocenters. The third kappa shape index (κ3) is 4.21. The largest absolute Gasteiger partial charge is 0.371 e. The molecule has 0 atom stereocenters. The number of amides is 1. The summed E-state index contributed by atoms with van der Waals surface area (Å²) in [6.07, 6.45) is 1.66. The molecule has 0 aromatic carbocycles. The van der Waals surface area contributed by atoms with Crippen LogP contribution < -0.4 is 16.0 Å². The number of pyridine rings is 1. The van der Waals surface area contributed by atoms with E-state index in [0.717, 1.165) is 18.8 Å². The van der Waals surface area contributed by atoms with Crippen LogP contribution in [0.25, 0.3) is 0 Å². The fourth-order valence-electron chi connectivity index (χ4n) is 1.84. The molecule has 1 aromatic rings. The van der Waals surface area contributed by atoms with Crippen LogP contribution in [0.15, 0.2) is 18.3 Å². The number of nitrogens with one attached hydrogen (secondary N) is 1. The highest BCUT2D eigenvalue weighted by Gasteiger charge is 2.20. The van der Waals surface area contributed by atoms with Crippen molar-refractivity contribution in [2.24, 2.45) is 11.1 Å². The van der Waals surface area contributed by atoms with Gasteiger partial charge in [-0.05, 0) is 31.0 Å². The number of anilines is 1. The summed E-state index contributed by atoms with van der Waals surface area (Å²) < 4.78 is 0. The topological polar surface area (TPSA) is 71.2 Å². The van der Waals surface area contributed by atoms with Crippen LogP contribution in [0.5, 0.6) is 0 Å². The maximum atomic E-state index is 11.6. The molecule has 1 heterocycles. The summed E-state index contributed by atoms with van der Waals surface area (Å²) in [7, 11) is 1.60. The van der Waals surface area contributed by atoms with Crippen LogP contribution in [0.2, 0.25) is 0 Å². The summed E-state index contributed by atoms with van der Waals surface area (Å²) >= 11 is 0. The van der Waals surface area contributed by atoms with Crippen LogP contribution >= 0.6 is 0 Å². The van der Waals surface area contributed by atoms with Crippen molar-refractivity contribution in [3.05, 3.63) is 24.0 Å². The molecule has 0 bridgehead atoms. The van der Waals surface area contributed by atoms with Crippen molar-refractivity contribution in [3.63, 3.8) is 0 Å². The van der Waals surface area contributed by atoms with E-state index in [4.69, 9.17) is 5.73 Å². The number of nitrogens with two attached hydrogens (primary N) is 1. The van der Waals surface area contributed by atoms with Crippen molar-refractivity contribution in [1.82, 2.24) is 10.3 Å². The number of rotatable bonds is 6. The fraction of sp³-hybridized carbons (Fsp3) is 0.571. The maximum absolute atomic E-state index is 11.6. The van der Waals surface area contributed by atoms with Gasteiger partial charge in [0.2, 0.25) is 0 Å². The molecular weight excluding hydrogens is 240 g/mol. The Labute approximate surface area is 115 Å². The second-order valence-electron chi connectivity index (χ2n) is 5.36. The van der Waals surface area contributed by atoms with Gasteiger partial charge in [0, 0.05) is 32.0 Å². The maximum Gasteiger partial charge on any atom is 0.269 e. The van der Waals surface area contributed by atoms with Crippen LogP contribution in [-0.2, 0) is 0 Å². The first-order valence-electron chi connectivity index (χ1n) is 6.56. The molecule has 0 radical (unpaired) electrons. The van der Waals surface area contributed by atoms with E-state index in [9.17, 15) is 4.79 Å². The fourth-order valence-corrected chi connectivity index (χ4v) is 1.84. The molecule has 0 saturated carbocycles. The average Bonchev–Trinajstić information content (AvgIpc) is 2.44. The Kier molecular flexibility index (Phi) is 5.30. The Morgan fingerprint density at radius 2 is 2.21 bits per heavy atom. The number of nitrogens with zero attached hydrogens (tertiary/aromatic N) is 2. The summed E-state index contributed by atoms with van der Waals surface area (Å²) in [5.74, 6) is -0.170. The normalized spacial score (nSPS) is 11.2. The Hall–Kier alpha value is -1.62. The third-order valence-corrected chi connectivity index (χ3v) is 3.12. The Bertz CT molecular complexity index is 431. The van der Waals surface area contributed by atoms with E-state index in [-0.39, 0.29) is 11.3 Å². The van der Waals surface area contributed by atoms with Crippen molar-refractivity contribution < 1.29 is 4.79 Å². The molecule has 3 N–H and O–H groups in total. The number of carbonyl (C=O) groups excluding carboxylic acids is 1. The quantitative estimate of drug-likeness (QED) is 0.811. The molecule has 5 heteroatoms. The lowest BCUT2D eigenvalue weighted by atomic mass is 9.93. The van der Waals surface area contributed by atoms with Crippen LogP contribution in [-0.4, -0.2) is 37.6 Å². The van der Waals surface area contributed by atoms with E-state index in [1.165, 1.54) is 0 Å². The second-order valence-corrected chi connectivity index (χ2v) is 5.36. The SMILES string of the molecule is CCN(CC(C)(C)CN)c1ccnc(C(=O)NC)c1. The van der Waals surface area contributed by atoms with Crippen molar-refractivity contribution >= 4 is 11.6 Å². The molecule has 5 nitrogen and oxygen atoms in total. The Morgan fingerprint density at radius 3 is 2.74 bits per heavy atom. The van der Waals surface area contributed by atoms with Crippen LogP contribution in [0.3, 0.4) is 0 Å². The molecule has 0 aliphatic rings. The van der Waals surface area contributed by atoms with Gasteiger partial charge in [0.15, 0.2) is 0 Å². The highest BCUT2D eigenvalue weighted by Crippen LogP contribution is 2.21. The highest BCUT2D eigenvalue weighted by atomic mass is 16.1. The van der Waals surface area contributed by atoms with Gasteiger partial charge in [-0.25, -0.2) is 0 Å². The monoisotopic (exact) mass is 264 g/mol. The van der Waals surface area contributed by atoms with Gasteiger partial charge < -0.3 is 16.0 Å². The number of hydrogen-bond acceptors (Lipinski definition) is 4. The zero-order valence-corrected chi connectivity index (χ0v) is 12.2. The predicted octanol–water partition coefficient (Wildman–Crippen LogP) is 1.25. The average molecular weight is 264 g/mol. The molecule has 0 saturated heterocycles. The molecule has 1 rings (SSSR count). The Balaban J connectivity index is 2.96. The third-order valence-electron chi connectivity index (χ3n) is 3.12. The first-order chi connectivity index (χ1) is 8.93. The predicted molar refractivity (Wildman–Crippen MR) is 78.3 cm³/mol. The van der Waals surface area contributed by atoms with E-state index in [1.54, 1.807) is 13.2 Å². The van der Waals surface area contributed by atoms with Gasteiger partial charge >= 0.3 is 0 Å². The number of carbonyl (C=O) groups is 1. The van der Waals surface area contributed by atoms with E-state index >= 15 is 0 Å². The van der Waals surface area contributed by atoms with Gasteiger partial charge in [-0.15, -0.1) is 0 Å². The molecule has 19 heavy (non-hydrogen) atoms. The van der Waals surface area contributed by atoms with Crippen molar-refractivity contribution in [1.29, 1.82) is 0 Å². The van der Waals surface area contributed by atoms with Gasteiger partial charge in [-0.3, -0.25) is 9.78 Å². The second kappa shape index (κ2) is 6.52. The van der Waals surface area contributed by atoms with Crippen LogP contribution in [0.1, 0.15) is 31.3 Å². The first-order valence-corrected chi connectivity index (χ1v) is 6.56. The van der Waals surface area contributed by atoms with Gasteiger partial charge in [-0.1, -0.05) is 13.8 Å². The molecule has 1 aromatic heterocycles.